The van der Waals surface area contributed by atoms with Crippen LogP contribution in [0.15, 0.2) is 71.6 Å². The van der Waals surface area contributed by atoms with E-state index in [4.69, 9.17) is 16.3 Å². The van der Waals surface area contributed by atoms with Crippen molar-refractivity contribution >= 4 is 41.2 Å². The molecule has 6 heteroatoms. The highest BCUT2D eigenvalue weighted by Gasteiger charge is 2.12. The Balaban J connectivity index is 0.000000269. The number of ether oxygens (including phenoxy) is 1. The number of aldehydes is 1. The van der Waals surface area contributed by atoms with Gasteiger partial charge in [-0.05, 0) is 73.8 Å². The van der Waals surface area contributed by atoms with Crippen LogP contribution in [0.5, 0.6) is 5.75 Å². The highest BCUT2D eigenvalue weighted by molar-refractivity contribution is 8.00. The molecule has 0 spiro atoms. The number of methoxy groups -OCH3 is 1. The van der Waals surface area contributed by atoms with Gasteiger partial charge in [-0.3, -0.25) is 0 Å². The van der Waals surface area contributed by atoms with E-state index in [9.17, 15) is 4.79 Å². The third-order valence-corrected chi connectivity index (χ3v) is 5.57. The monoisotopic (exact) mass is 442 g/mol. The van der Waals surface area contributed by atoms with E-state index < -0.39 is 0 Å². The third kappa shape index (κ3) is 7.01. The van der Waals surface area contributed by atoms with E-state index in [1.807, 2.05) is 72.9 Å². The smallest absolute Gasteiger partial charge is 0.143 e. The van der Waals surface area contributed by atoms with Crippen LogP contribution in [0.1, 0.15) is 11.1 Å². The zero-order valence-corrected chi connectivity index (χ0v) is 19.3. The Morgan fingerprint density at radius 1 is 1.07 bits per heavy atom. The van der Waals surface area contributed by atoms with Gasteiger partial charge in [0.05, 0.1) is 19.3 Å². The topological polar surface area (TPSA) is 41.6 Å². The fourth-order valence-electron chi connectivity index (χ4n) is 2.72. The summed E-state index contributed by atoms with van der Waals surface area (Å²) in [4.78, 5) is 12.0. The lowest BCUT2D eigenvalue weighted by Crippen LogP contribution is -2.17. The highest BCUT2D eigenvalue weighted by atomic mass is 35.5. The SMILES string of the molecule is CNc1ccc(Cl)cc1C.COc1ccccc1N(CC=O)Sc1ccc(C)cc1. The molecule has 3 aromatic carbocycles. The predicted octanol–water partition coefficient (Wildman–Crippen LogP) is 6.41. The second kappa shape index (κ2) is 12.2. The van der Waals surface area contributed by atoms with Crippen molar-refractivity contribution in [1.29, 1.82) is 0 Å². The molecule has 0 aliphatic heterocycles. The summed E-state index contributed by atoms with van der Waals surface area (Å²) in [6, 6.07) is 21.7. The molecule has 0 aliphatic rings. The maximum Gasteiger partial charge on any atom is 0.143 e. The maximum atomic E-state index is 10.9. The van der Waals surface area contributed by atoms with Crippen LogP contribution in [0.4, 0.5) is 11.4 Å². The summed E-state index contributed by atoms with van der Waals surface area (Å²) >= 11 is 7.27. The number of carbonyl (C=O) groups is 1. The average molecular weight is 443 g/mol. The van der Waals surface area contributed by atoms with Gasteiger partial charge < -0.3 is 19.2 Å². The Morgan fingerprint density at radius 2 is 1.77 bits per heavy atom. The van der Waals surface area contributed by atoms with Crippen molar-refractivity contribution < 1.29 is 9.53 Å². The minimum Gasteiger partial charge on any atom is -0.495 e. The molecule has 0 bridgehead atoms. The van der Waals surface area contributed by atoms with Crippen molar-refractivity contribution in [2.75, 3.05) is 30.3 Å². The van der Waals surface area contributed by atoms with E-state index in [1.54, 1.807) is 7.11 Å². The summed E-state index contributed by atoms with van der Waals surface area (Å²) in [6.45, 7) is 4.38. The van der Waals surface area contributed by atoms with E-state index in [-0.39, 0.29) is 0 Å². The van der Waals surface area contributed by atoms with Gasteiger partial charge in [0, 0.05) is 22.7 Å². The molecule has 30 heavy (non-hydrogen) atoms. The molecule has 1 N–H and O–H groups in total. The predicted molar refractivity (Wildman–Crippen MR) is 129 cm³/mol. The summed E-state index contributed by atoms with van der Waals surface area (Å²) in [6.07, 6.45) is 0.896. The fourth-order valence-corrected chi connectivity index (χ4v) is 3.85. The molecule has 0 aliphatic carbocycles. The normalized spacial score (nSPS) is 9.90. The largest absolute Gasteiger partial charge is 0.495 e. The molecule has 4 nitrogen and oxygen atoms in total. The Morgan fingerprint density at radius 3 is 2.37 bits per heavy atom. The molecule has 0 radical (unpaired) electrons. The molecule has 0 aromatic heterocycles. The quantitative estimate of drug-likeness (QED) is 0.338. The van der Waals surface area contributed by atoms with Crippen LogP contribution in [0, 0.1) is 13.8 Å². The molecule has 0 heterocycles. The molecule has 158 valence electrons. The van der Waals surface area contributed by atoms with Crippen LogP contribution in [0.25, 0.3) is 0 Å². The number of hydrogen-bond acceptors (Lipinski definition) is 5. The molecule has 0 fully saturated rings. The van der Waals surface area contributed by atoms with Gasteiger partial charge >= 0.3 is 0 Å². The lowest BCUT2D eigenvalue weighted by molar-refractivity contribution is -0.106. The van der Waals surface area contributed by atoms with Crippen molar-refractivity contribution in [2.45, 2.75) is 18.7 Å². The van der Waals surface area contributed by atoms with Crippen LogP contribution in [0.3, 0.4) is 0 Å². The first-order chi connectivity index (χ1) is 14.5. The van der Waals surface area contributed by atoms with Gasteiger partial charge in [-0.25, -0.2) is 0 Å². The minimum atomic E-state index is 0.304. The lowest BCUT2D eigenvalue weighted by Gasteiger charge is -2.22. The van der Waals surface area contributed by atoms with Crippen LogP contribution in [0.2, 0.25) is 5.02 Å². The van der Waals surface area contributed by atoms with Crippen molar-refractivity contribution in [1.82, 2.24) is 0 Å². The van der Waals surface area contributed by atoms with E-state index in [1.165, 1.54) is 23.1 Å². The second-order valence-electron chi connectivity index (χ2n) is 6.51. The van der Waals surface area contributed by atoms with Crippen LogP contribution >= 0.6 is 23.5 Å². The number of halogens is 1. The Labute approximate surface area is 188 Å². The molecular weight excluding hydrogens is 416 g/mol. The Hall–Kier alpha value is -2.63. The maximum absolute atomic E-state index is 10.9. The third-order valence-electron chi connectivity index (χ3n) is 4.29. The second-order valence-corrected chi connectivity index (χ2v) is 8.04. The Bertz CT molecular complexity index is 948. The lowest BCUT2D eigenvalue weighted by atomic mass is 10.2. The van der Waals surface area contributed by atoms with E-state index in [0.29, 0.717) is 6.54 Å². The first-order valence-electron chi connectivity index (χ1n) is 9.51. The number of nitrogens with zero attached hydrogens (tertiary/aromatic N) is 1. The van der Waals surface area contributed by atoms with E-state index >= 15 is 0 Å². The van der Waals surface area contributed by atoms with Crippen molar-refractivity contribution in [2.24, 2.45) is 0 Å². The zero-order chi connectivity index (χ0) is 21.9. The summed E-state index contributed by atoms with van der Waals surface area (Å²) < 4.78 is 7.29. The number of rotatable bonds is 7. The molecule has 0 saturated carbocycles. The van der Waals surface area contributed by atoms with Crippen LogP contribution in [-0.2, 0) is 4.79 Å². The average Bonchev–Trinajstić information content (AvgIpc) is 2.75. The van der Waals surface area contributed by atoms with Crippen molar-refractivity contribution in [3.8, 4) is 5.75 Å². The fraction of sp³-hybridized carbons (Fsp3) is 0.208. The number of anilines is 2. The number of carbonyl (C=O) groups excluding carboxylic acids is 1. The molecule has 0 amide bonds. The van der Waals surface area contributed by atoms with Gasteiger partial charge in [0.15, 0.2) is 0 Å². The molecule has 0 atom stereocenters. The number of aryl methyl sites for hydroxylation is 2. The highest BCUT2D eigenvalue weighted by Crippen LogP contribution is 2.35. The Kier molecular flexibility index (Phi) is 9.58. The molecule has 0 unspecified atom stereocenters. The van der Waals surface area contributed by atoms with Gasteiger partial charge in [0.2, 0.25) is 0 Å². The summed E-state index contributed by atoms with van der Waals surface area (Å²) in [5, 5.41) is 3.85. The molecule has 3 aromatic rings. The summed E-state index contributed by atoms with van der Waals surface area (Å²) in [5.41, 5.74) is 4.42. The number of nitrogens with one attached hydrogen (secondary N) is 1. The van der Waals surface area contributed by atoms with E-state index in [0.717, 1.165) is 33.3 Å². The van der Waals surface area contributed by atoms with Crippen LogP contribution < -0.4 is 14.4 Å². The molecular formula is C24H27ClN2O2S. The van der Waals surface area contributed by atoms with Crippen molar-refractivity contribution in [3.05, 3.63) is 82.9 Å². The number of para-hydroxylation sites is 2. The van der Waals surface area contributed by atoms with Gasteiger partial charge in [-0.1, -0.05) is 41.4 Å². The van der Waals surface area contributed by atoms with Crippen molar-refractivity contribution in [3.63, 3.8) is 0 Å². The first-order valence-corrected chi connectivity index (χ1v) is 10.7. The van der Waals surface area contributed by atoms with Gasteiger partial charge in [-0.15, -0.1) is 0 Å². The first kappa shape index (κ1) is 23.6. The number of benzene rings is 3. The van der Waals surface area contributed by atoms with Gasteiger partial charge in [0.25, 0.3) is 0 Å². The molecule has 3 rings (SSSR count). The number of hydrogen-bond donors (Lipinski definition) is 1. The molecule has 0 saturated heterocycles. The standard InChI is InChI=1S/C16H17NO2S.C8H10ClN/c1-13-7-9-14(10-8-13)20-17(11-12-18)15-5-3-4-6-16(15)19-2;1-6-5-7(9)3-4-8(6)10-2/h3-10,12H,11H2,1-2H3;3-5,10H,1-2H3. The van der Waals surface area contributed by atoms with Gasteiger partial charge in [-0.2, -0.15) is 0 Å². The van der Waals surface area contributed by atoms with Gasteiger partial charge in [0.1, 0.15) is 12.0 Å². The minimum absolute atomic E-state index is 0.304. The van der Waals surface area contributed by atoms with E-state index in [2.05, 4.69) is 24.4 Å². The summed E-state index contributed by atoms with van der Waals surface area (Å²) in [7, 11) is 3.53. The zero-order valence-electron chi connectivity index (χ0n) is 17.7. The summed E-state index contributed by atoms with van der Waals surface area (Å²) in [5.74, 6) is 0.758. The van der Waals surface area contributed by atoms with Crippen LogP contribution in [-0.4, -0.2) is 27.0 Å².